The Labute approximate surface area is 203 Å². The smallest absolute Gasteiger partial charge is 0.240 e. The van der Waals surface area contributed by atoms with Gasteiger partial charge in [-0.3, -0.25) is 14.3 Å². The number of aromatic nitrogens is 6. The summed E-state index contributed by atoms with van der Waals surface area (Å²) in [6, 6.07) is 5.46. The fraction of sp³-hybridized carbons (Fsp3) is 0.500. The fourth-order valence-corrected chi connectivity index (χ4v) is 5.54. The number of ether oxygens (including phenoxy) is 3. The summed E-state index contributed by atoms with van der Waals surface area (Å²) in [7, 11) is 0.488. The van der Waals surface area contributed by atoms with E-state index in [1.807, 2.05) is 10.6 Å². The summed E-state index contributed by atoms with van der Waals surface area (Å²) in [4.78, 5) is 12.8. The molecule has 2 fully saturated rings. The van der Waals surface area contributed by atoms with Gasteiger partial charge in [0.2, 0.25) is 27.7 Å². The van der Waals surface area contributed by atoms with Gasteiger partial charge in [-0.1, -0.05) is 6.07 Å². The average Bonchev–Trinajstić information content (AvgIpc) is 3.77. The van der Waals surface area contributed by atoms with Crippen molar-refractivity contribution >= 4 is 16.0 Å². The quantitative estimate of drug-likeness (QED) is 0.440. The molecular formula is C22H27N7O5S. The van der Waals surface area contributed by atoms with Crippen molar-refractivity contribution in [3.05, 3.63) is 36.3 Å². The van der Waals surface area contributed by atoms with Gasteiger partial charge in [0, 0.05) is 19.2 Å². The molecule has 2 saturated carbocycles. The van der Waals surface area contributed by atoms with E-state index in [-0.39, 0.29) is 17.4 Å². The molecule has 3 heterocycles. The molecule has 3 aromatic rings. The number of sulfonamides is 1. The predicted molar refractivity (Wildman–Crippen MR) is 125 cm³/mol. The topological polar surface area (TPSA) is 143 Å². The Bertz CT molecular complexity index is 1320. The van der Waals surface area contributed by atoms with E-state index in [1.54, 1.807) is 19.1 Å². The molecule has 186 valence electrons. The van der Waals surface area contributed by atoms with Crippen LogP contribution in [0.15, 0.2) is 30.6 Å². The fourth-order valence-electron chi connectivity index (χ4n) is 4.39. The minimum atomic E-state index is -3.96. The number of pyridine rings is 1. The molecule has 0 unspecified atom stereocenters. The molecule has 1 N–H and O–H groups in total. The summed E-state index contributed by atoms with van der Waals surface area (Å²) in [6.07, 6.45) is 5.15. The van der Waals surface area contributed by atoms with Gasteiger partial charge < -0.3 is 14.2 Å². The lowest BCUT2D eigenvalue weighted by Gasteiger charge is -2.22. The van der Waals surface area contributed by atoms with Crippen molar-refractivity contribution in [3.8, 4) is 23.3 Å². The van der Waals surface area contributed by atoms with E-state index in [1.165, 1.54) is 33.7 Å². The highest BCUT2D eigenvalue weighted by Crippen LogP contribution is 2.73. The van der Waals surface area contributed by atoms with Gasteiger partial charge in [-0.2, -0.15) is 0 Å². The van der Waals surface area contributed by atoms with Gasteiger partial charge >= 0.3 is 0 Å². The SMILES string of the molecule is COc1cnc([C@@H](OC)[C@H](C)S(=O)(=O)Nc2nnc(-c3cccc(OC)n3)n2[C@H]2CC23CC3)cn1. The molecular weight excluding hydrogens is 474 g/mol. The Balaban J connectivity index is 1.46. The van der Waals surface area contributed by atoms with Gasteiger partial charge in [0.1, 0.15) is 17.0 Å². The van der Waals surface area contributed by atoms with E-state index in [2.05, 4.69) is 29.9 Å². The molecule has 5 rings (SSSR count). The molecule has 3 atom stereocenters. The number of nitrogens with one attached hydrogen (secondary N) is 1. The van der Waals surface area contributed by atoms with E-state index in [4.69, 9.17) is 14.2 Å². The summed E-state index contributed by atoms with van der Waals surface area (Å²) in [5, 5.41) is 7.50. The van der Waals surface area contributed by atoms with Crippen LogP contribution in [-0.2, 0) is 14.8 Å². The molecule has 2 aliphatic rings. The van der Waals surface area contributed by atoms with Crippen LogP contribution in [0.4, 0.5) is 5.95 Å². The molecule has 0 saturated heterocycles. The van der Waals surface area contributed by atoms with Crippen LogP contribution in [0.5, 0.6) is 11.8 Å². The largest absolute Gasteiger partial charge is 0.481 e. The van der Waals surface area contributed by atoms with E-state index in [0.717, 1.165) is 19.3 Å². The van der Waals surface area contributed by atoms with Gasteiger partial charge in [0.25, 0.3) is 0 Å². The van der Waals surface area contributed by atoms with Crippen LogP contribution >= 0.6 is 0 Å². The van der Waals surface area contributed by atoms with Crippen LogP contribution < -0.4 is 14.2 Å². The van der Waals surface area contributed by atoms with Gasteiger partial charge in [0.05, 0.1) is 32.3 Å². The highest BCUT2D eigenvalue weighted by atomic mass is 32.2. The molecule has 0 radical (unpaired) electrons. The summed E-state index contributed by atoms with van der Waals surface area (Å²) in [5.41, 5.74) is 1.13. The van der Waals surface area contributed by atoms with Crippen molar-refractivity contribution in [2.24, 2.45) is 5.41 Å². The van der Waals surface area contributed by atoms with Gasteiger partial charge in [-0.25, -0.2) is 18.4 Å². The molecule has 0 amide bonds. The third kappa shape index (κ3) is 4.29. The number of hydrogen-bond donors (Lipinski definition) is 1. The molecule has 35 heavy (non-hydrogen) atoms. The lowest BCUT2D eigenvalue weighted by atomic mass is 10.2. The first-order chi connectivity index (χ1) is 16.8. The summed E-state index contributed by atoms with van der Waals surface area (Å²) >= 11 is 0. The molecule has 0 aromatic carbocycles. The van der Waals surface area contributed by atoms with Gasteiger partial charge in [0.15, 0.2) is 5.82 Å². The lowest BCUT2D eigenvalue weighted by molar-refractivity contribution is 0.0984. The van der Waals surface area contributed by atoms with Crippen molar-refractivity contribution < 1.29 is 22.6 Å². The van der Waals surface area contributed by atoms with Crippen LogP contribution in [0.1, 0.15) is 44.0 Å². The second-order valence-corrected chi connectivity index (χ2v) is 10.9. The minimum absolute atomic E-state index is 0.110. The van der Waals surface area contributed by atoms with Crippen LogP contribution in [-0.4, -0.2) is 64.7 Å². The molecule has 13 heteroatoms. The summed E-state index contributed by atoms with van der Waals surface area (Å²) < 4.78 is 47.1. The second-order valence-electron chi connectivity index (χ2n) is 8.86. The van der Waals surface area contributed by atoms with Crippen molar-refractivity contribution in [1.82, 2.24) is 29.7 Å². The summed E-state index contributed by atoms with van der Waals surface area (Å²) in [6.45, 7) is 1.55. The van der Waals surface area contributed by atoms with Crippen LogP contribution in [0.2, 0.25) is 0 Å². The van der Waals surface area contributed by atoms with Gasteiger partial charge in [-0.05, 0) is 37.7 Å². The maximum absolute atomic E-state index is 13.4. The maximum atomic E-state index is 13.4. The molecule has 0 aliphatic heterocycles. The number of methoxy groups -OCH3 is 3. The zero-order valence-electron chi connectivity index (χ0n) is 19.9. The molecule has 3 aromatic heterocycles. The van der Waals surface area contributed by atoms with Crippen LogP contribution in [0, 0.1) is 5.41 Å². The van der Waals surface area contributed by atoms with Crippen LogP contribution in [0.3, 0.4) is 0 Å². The monoisotopic (exact) mass is 501 g/mol. The second kappa shape index (κ2) is 8.72. The number of rotatable bonds is 10. The Kier molecular flexibility index (Phi) is 5.83. The van der Waals surface area contributed by atoms with Crippen molar-refractivity contribution in [3.63, 3.8) is 0 Å². The first-order valence-corrected chi connectivity index (χ1v) is 12.7. The Morgan fingerprint density at radius 1 is 1.09 bits per heavy atom. The summed E-state index contributed by atoms with van der Waals surface area (Å²) in [5.74, 6) is 1.41. The molecule has 1 spiro atoms. The zero-order valence-corrected chi connectivity index (χ0v) is 20.7. The van der Waals surface area contributed by atoms with E-state index < -0.39 is 21.4 Å². The van der Waals surface area contributed by atoms with Crippen LogP contribution in [0.25, 0.3) is 11.5 Å². The van der Waals surface area contributed by atoms with E-state index in [0.29, 0.717) is 29.0 Å². The lowest BCUT2D eigenvalue weighted by Crippen LogP contribution is -2.33. The average molecular weight is 502 g/mol. The number of nitrogens with zero attached hydrogens (tertiary/aromatic N) is 6. The van der Waals surface area contributed by atoms with E-state index >= 15 is 0 Å². The van der Waals surface area contributed by atoms with Crippen molar-refractivity contribution in [2.75, 3.05) is 26.1 Å². The predicted octanol–water partition coefficient (Wildman–Crippen LogP) is 2.39. The molecule has 2 aliphatic carbocycles. The Hall–Kier alpha value is -3.32. The zero-order chi connectivity index (χ0) is 24.8. The third-order valence-electron chi connectivity index (χ3n) is 6.76. The first-order valence-electron chi connectivity index (χ1n) is 11.2. The third-order valence-corrected chi connectivity index (χ3v) is 8.45. The normalized spacial score (nSPS) is 19.7. The number of hydrogen-bond acceptors (Lipinski definition) is 10. The van der Waals surface area contributed by atoms with E-state index in [9.17, 15) is 8.42 Å². The molecule has 12 nitrogen and oxygen atoms in total. The Morgan fingerprint density at radius 3 is 2.46 bits per heavy atom. The van der Waals surface area contributed by atoms with Crippen molar-refractivity contribution in [2.45, 2.75) is 43.6 Å². The molecule has 0 bridgehead atoms. The highest BCUT2D eigenvalue weighted by Gasteiger charge is 2.65. The maximum Gasteiger partial charge on any atom is 0.240 e. The highest BCUT2D eigenvalue weighted by molar-refractivity contribution is 7.93. The minimum Gasteiger partial charge on any atom is -0.481 e. The number of anilines is 1. The standard InChI is InChI=1S/C22H27N7O5S/c1-13(19(34-4)15-11-24-18(33-3)12-23-15)35(30,31)28-21-27-26-20(14-6-5-7-17(25-14)32-2)29(21)16-10-22(16)8-9-22/h5-7,11-13,16,19H,8-10H2,1-4H3,(H,27,28)/t13-,16-,19-/m0/s1. The first kappa shape index (κ1) is 23.4. The van der Waals surface area contributed by atoms with Gasteiger partial charge in [-0.15, -0.1) is 10.2 Å². The Morgan fingerprint density at radius 2 is 1.86 bits per heavy atom. The van der Waals surface area contributed by atoms with Crippen molar-refractivity contribution in [1.29, 1.82) is 0 Å².